The first kappa shape index (κ1) is 14.2. The lowest BCUT2D eigenvalue weighted by molar-refractivity contribution is 0.0791. The average Bonchev–Trinajstić information content (AvgIpc) is 2.85. The van der Waals surface area contributed by atoms with Gasteiger partial charge in [0.05, 0.1) is 25.6 Å². The van der Waals surface area contributed by atoms with Gasteiger partial charge in [-0.25, -0.2) is 9.78 Å². The van der Waals surface area contributed by atoms with Gasteiger partial charge in [0, 0.05) is 13.6 Å². The third-order valence-corrected chi connectivity index (χ3v) is 3.03. The van der Waals surface area contributed by atoms with E-state index >= 15 is 0 Å². The highest BCUT2D eigenvalue weighted by Crippen LogP contribution is 2.05. The molecule has 2 N–H and O–H groups in total. The summed E-state index contributed by atoms with van der Waals surface area (Å²) in [5, 5.41) is 18.3. The molecule has 0 amide bonds. The normalized spacial score (nSPS) is 12.8. The van der Waals surface area contributed by atoms with Gasteiger partial charge >= 0.3 is 5.69 Å². The van der Waals surface area contributed by atoms with Gasteiger partial charge in [-0.2, -0.15) is 0 Å². The van der Waals surface area contributed by atoms with Gasteiger partial charge in [0.25, 0.3) is 5.56 Å². The zero-order chi connectivity index (χ0) is 14.9. The minimum atomic E-state index is -1.17. The van der Waals surface area contributed by atoms with Crippen molar-refractivity contribution in [3.63, 3.8) is 0 Å². The standard InChI is InChI=1S/C12H16N4O4/c1-3-4-15-7-13-10-9(15)11(19)16(5-8(18)6-17)12(20)14(10)2/h3,7-8,17-18H,1,4-6H2,2H3. The number of rotatable bonds is 5. The summed E-state index contributed by atoms with van der Waals surface area (Å²) in [6.07, 6.45) is 1.90. The summed E-state index contributed by atoms with van der Waals surface area (Å²) in [5.74, 6) is 0. The van der Waals surface area contributed by atoms with Gasteiger partial charge in [-0.05, 0) is 0 Å². The molecule has 20 heavy (non-hydrogen) atoms. The molecule has 1 atom stereocenters. The average molecular weight is 280 g/mol. The van der Waals surface area contributed by atoms with Crippen LogP contribution in [0.4, 0.5) is 0 Å². The van der Waals surface area contributed by atoms with E-state index < -0.39 is 24.0 Å². The van der Waals surface area contributed by atoms with E-state index in [1.807, 2.05) is 0 Å². The Bertz CT molecular complexity index is 755. The van der Waals surface area contributed by atoms with Crippen molar-refractivity contribution in [1.29, 1.82) is 0 Å². The molecule has 8 heteroatoms. The number of allylic oxidation sites excluding steroid dienone is 1. The number of aliphatic hydroxyl groups is 2. The lowest BCUT2D eigenvalue weighted by atomic mass is 10.3. The lowest BCUT2D eigenvalue weighted by Crippen LogP contribution is -2.42. The fourth-order valence-corrected chi connectivity index (χ4v) is 2.03. The van der Waals surface area contributed by atoms with Crippen molar-refractivity contribution in [2.45, 2.75) is 19.2 Å². The monoisotopic (exact) mass is 280 g/mol. The van der Waals surface area contributed by atoms with Gasteiger partial charge < -0.3 is 14.8 Å². The van der Waals surface area contributed by atoms with E-state index in [0.29, 0.717) is 6.54 Å². The van der Waals surface area contributed by atoms with Crippen molar-refractivity contribution in [2.75, 3.05) is 6.61 Å². The summed E-state index contributed by atoms with van der Waals surface area (Å²) in [6.45, 7) is 3.18. The molecule has 0 saturated carbocycles. The van der Waals surface area contributed by atoms with Crippen LogP contribution in [-0.2, 0) is 20.1 Å². The number of aryl methyl sites for hydroxylation is 1. The van der Waals surface area contributed by atoms with E-state index in [1.165, 1.54) is 17.9 Å². The van der Waals surface area contributed by atoms with E-state index in [1.54, 1.807) is 10.6 Å². The van der Waals surface area contributed by atoms with Crippen LogP contribution >= 0.6 is 0 Å². The van der Waals surface area contributed by atoms with Crippen molar-refractivity contribution in [3.8, 4) is 0 Å². The molecular weight excluding hydrogens is 264 g/mol. The molecule has 0 aliphatic heterocycles. The van der Waals surface area contributed by atoms with Gasteiger partial charge in [0.2, 0.25) is 0 Å². The summed E-state index contributed by atoms with van der Waals surface area (Å²) >= 11 is 0. The molecule has 2 rings (SSSR count). The Balaban J connectivity index is 2.75. The maximum absolute atomic E-state index is 12.4. The van der Waals surface area contributed by atoms with Gasteiger partial charge in [0.15, 0.2) is 11.2 Å². The zero-order valence-electron chi connectivity index (χ0n) is 11.1. The molecule has 0 saturated heterocycles. The first-order valence-corrected chi connectivity index (χ1v) is 6.05. The fourth-order valence-electron chi connectivity index (χ4n) is 2.03. The van der Waals surface area contributed by atoms with Gasteiger partial charge in [0.1, 0.15) is 0 Å². The van der Waals surface area contributed by atoms with E-state index in [9.17, 15) is 14.7 Å². The Labute approximate surface area is 113 Å². The quantitative estimate of drug-likeness (QED) is 0.645. The zero-order valence-corrected chi connectivity index (χ0v) is 11.1. The molecule has 0 aliphatic rings. The lowest BCUT2D eigenvalue weighted by Gasteiger charge is -2.11. The van der Waals surface area contributed by atoms with Crippen molar-refractivity contribution in [3.05, 3.63) is 39.8 Å². The smallest absolute Gasteiger partial charge is 0.332 e. The third kappa shape index (κ3) is 2.19. The first-order valence-electron chi connectivity index (χ1n) is 6.05. The van der Waals surface area contributed by atoms with Crippen LogP contribution in [-0.4, -0.2) is 41.6 Å². The predicted molar refractivity (Wildman–Crippen MR) is 72.5 cm³/mol. The number of hydrogen-bond donors (Lipinski definition) is 2. The number of imidazole rings is 1. The van der Waals surface area contributed by atoms with Crippen LogP contribution in [0.25, 0.3) is 11.2 Å². The van der Waals surface area contributed by atoms with E-state index in [4.69, 9.17) is 5.11 Å². The first-order chi connectivity index (χ1) is 9.51. The molecule has 108 valence electrons. The summed E-state index contributed by atoms with van der Waals surface area (Å²) in [6, 6.07) is 0. The van der Waals surface area contributed by atoms with Crippen LogP contribution in [0.1, 0.15) is 0 Å². The van der Waals surface area contributed by atoms with Crippen molar-refractivity contribution >= 4 is 11.2 Å². The SMILES string of the molecule is C=CCn1cnc2c1c(=O)n(CC(O)CO)c(=O)n2C. The van der Waals surface area contributed by atoms with Gasteiger partial charge in [-0.15, -0.1) is 6.58 Å². The maximum Gasteiger partial charge on any atom is 0.332 e. The molecule has 2 heterocycles. The second-order valence-corrected chi connectivity index (χ2v) is 4.45. The maximum atomic E-state index is 12.4. The molecule has 8 nitrogen and oxygen atoms in total. The summed E-state index contributed by atoms with van der Waals surface area (Å²) < 4.78 is 3.71. The second kappa shape index (κ2) is 5.43. The molecule has 0 fully saturated rings. The molecule has 2 aromatic rings. The topological polar surface area (TPSA) is 102 Å². The number of aromatic nitrogens is 4. The molecule has 1 unspecified atom stereocenters. The molecule has 0 aliphatic carbocycles. The van der Waals surface area contributed by atoms with Crippen molar-refractivity contribution < 1.29 is 10.2 Å². The van der Waals surface area contributed by atoms with Crippen LogP contribution in [0.2, 0.25) is 0 Å². The molecule has 0 aromatic carbocycles. The minimum Gasteiger partial charge on any atom is -0.394 e. The summed E-state index contributed by atoms with van der Waals surface area (Å²) in [4.78, 5) is 28.5. The highest BCUT2D eigenvalue weighted by molar-refractivity contribution is 5.70. The molecule has 0 spiro atoms. The highest BCUT2D eigenvalue weighted by atomic mass is 16.3. The molecule has 2 aromatic heterocycles. The second-order valence-electron chi connectivity index (χ2n) is 4.45. The van der Waals surface area contributed by atoms with E-state index in [2.05, 4.69) is 11.6 Å². The van der Waals surface area contributed by atoms with Gasteiger partial charge in [-0.1, -0.05) is 6.08 Å². The van der Waals surface area contributed by atoms with E-state index in [0.717, 1.165) is 4.57 Å². The van der Waals surface area contributed by atoms with Gasteiger partial charge in [-0.3, -0.25) is 13.9 Å². The summed E-state index contributed by atoms with van der Waals surface area (Å²) in [7, 11) is 1.50. The highest BCUT2D eigenvalue weighted by Gasteiger charge is 2.17. The molecular formula is C12H16N4O4. The van der Waals surface area contributed by atoms with Crippen LogP contribution in [0.5, 0.6) is 0 Å². The summed E-state index contributed by atoms with van der Waals surface area (Å²) in [5.41, 5.74) is -0.595. The number of nitrogens with zero attached hydrogens (tertiary/aromatic N) is 4. The van der Waals surface area contributed by atoms with Crippen LogP contribution in [0.15, 0.2) is 28.6 Å². The Morgan fingerprint density at radius 1 is 1.50 bits per heavy atom. The number of hydrogen-bond acceptors (Lipinski definition) is 5. The Morgan fingerprint density at radius 2 is 2.20 bits per heavy atom. The van der Waals surface area contributed by atoms with E-state index in [-0.39, 0.29) is 17.7 Å². The molecule has 0 bridgehead atoms. The predicted octanol–water partition coefficient (Wildman–Crippen LogP) is -1.56. The Morgan fingerprint density at radius 3 is 2.80 bits per heavy atom. The number of aliphatic hydroxyl groups excluding tert-OH is 2. The number of fused-ring (bicyclic) bond motifs is 1. The Kier molecular flexibility index (Phi) is 3.86. The van der Waals surface area contributed by atoms with Crippen molar-refractivity contribution in [1.82, 2.24) is 18.7 Å². The molecule has 0 radical (unpaired) electrons. The minimum absolute atomic E-state index is 0.261. The van der Waals surface area contributed by atoms with Crippen LogP contribution in [0, 0.1) is 0 Å². The largest absolute Gasteiger partial charge is 0.394 e. The fraction of sp³-hybridized carbons (Fsp3) is 0.417. The third-order valence-electron chi connectivity index (χ3n) is 3.03. The van der Waals surface area contributed by atoms with Crippen molar-refractivity contribution in [2.24, 2.45) is 7.05 Å². The van der Waals surface area contributed by atoms with Crippen LogP contribution < -0.4 is 11.2 Å². The van der Waals surface area contributed by atoms with Crippen LogP contribution in [0.3, 0.4) is 0 Å². The Hall–Kier alpha value is -2.19.